The van der Waals surface area contributed by atoms with E-state index in [0.717, 1.165) is 5.69 Å². The van der Waals surface area contributed by atoms with Crippen LogP contribution < -0.4 is 4.90 Å². The van der Waals surface area contributed by atoms with E-state index in [0.29, 0.717) is 5.84 Å². The number of para-hydroxylation sites is 1. The van der Waals surface area contributed by atoms with Crippen LogP contribution in [-0.4, -0.2) is 9.38 Å². The SMILES string of the molecule is Cc1cccc2c1N1[C@@H](C)c3nc4occn4c3C1(C)C(C)(C)C2(C)C. The average Bonchev–Trinajstić information content (AvgIpc) is 3.19. The Morgan fingerprint density at radius 3 is 2.58 bits per heavy atom. The summed E-state index contributed by atoms with van der Waals surface area (Å²) in [5, 5.41) is 0. The summed E-state index contributed by atoms with van der Waals surface area (Å²) in [6.45, 7) is 16.5. The minimum Gasteiger partial charge on any atom is -0.432 e. The number of anilines is 1. The average molecular weight is 349 g/mol. The first-order valence-electron chi connectivity index (χ1n) is 9.49. The van der Waals surface area contributed by atoms with Crippen LogP contribution in [0, 0.1) is 12.3 Å². The lowest BCUT2D eigenvalue weighted by atomic mass is 9.52. The molecule has 2 atom stereocenters. The molecule has 2 aliphatic rings. The lowest BCUT2D eigenvalue weighted by Gasteiger charge is -2.62. The van der Waals surface area contributed by atoms with Gasteiger partial charge in [-0.3, -0.25) is 4.40 Å². The molecular formula is C22H27N3O. The van der Waals surface area contributed by atoms with E-state index in [1.807, 2.05) is 6.20 Å². The summed E-state index contributed by atoms with van der Waals surface area (Å²) in [6.07, 6.45) is 3.75. The molecule has 3 aromatic rings. The predicted molar refractivity (Wildman–Crippen MR) is 104 cm³/mol. The number of rotatable bonds is 0. The van der Waals surface area contributed by atoms with Gasteiger partial charge in [0.1, 0.15) is 6.26 Å². The first-order valence-corrected chi connectivity index (χ1v) is 9.49. The number of oxazole rings is 1. The van der Waals surface area contributed by atoms with E-state index in [-0.39, 0.29) is 22.4 Å². The molecule has 0 fully saturated rings. The van der Waals surface area contributed by atoms with Gasteiger partial charge in [-0.05, 0) is 37.3 Å². The first-order chi connectivity index (χ1) is 12.1. The number of fused-ring (bicyclic) bond motifs is 7. The quantitative estimate of drug-likeness (QED) is 0.548. The monoisotopic (exact) mass is 349 g/mol. The van der Waals surface area contributed by atoms with E-state index in [4.69, 9.17) is 9.40 Å². The second-order valence-electron chi connectivity index (χ2n) is 9.24. The molecule has 2 aromatic heterocycles. The summed E-state index contributed by atoms with van der Waals surface area (Å²) >= 11 is 0. The molecule has 1 aromatic carbocycles. The molecule has 0 saturated heterocycles. The molecule has 0 saturated carbocycles. The summed E-state index contributed by atoms with van der Waals surface area (Å²) in [6, 6.07) is 6.95. The molecular weight excluding hydrogens is 322 g/mol. The van der Waals surface area contributed by atoms with Crippen molar-refractivity contribution in [3.05, 3.63) is 53.2 Å². The Morgan fingerprint density at radius 2 is 1.85 bits per heavy atom. The highest BCUT2D eigenvalue weighted by Crippen LogP contribution is 2.67. The molecule has 2 aliphatic heterocycles. The van der Waals surface area contributed by atoms with Gasteiger partial charge >= 0.3 is 5.84 Å². The van der Waals surface area contributed by atoms with E-state index in [1.54, 1.807) is 6.26 Å². The number of imidazole rings is 1. The van der Waals surface area contributed by atoms with Crippen molar-refractivity contribution in [3.63, 3.8) is 0 Å². The van der Waals surface area contributed by atoms with Gasteiger partial charge in [0.25, 0.3) is 0 Å². The van der Waals surface area contributed by atoms with Crippen LogP contribution in [0.25, 0.3) is 5.84 Å². The van der Waals surface area contributed by atoms with Crippen LogP contribution in [0.2, 0.25) is 0 Å². The molecule has 0 spiro atoms. The minimum atomic E-state index is -0.187. The molecule has 4 nitrogen and oxygen atoms in total. The van der Waals surface area contributed by atoms with E-state index in [1.165, 1.54) is 22.5 Å². The molecule has 4 heteroatoms. The smallest absolute Gasteiger partial charge is 0.306 e. The molecule has 5 rings (SSSR count). The molecule has 1 unspecified atom stereocenters. The van der Waals surface area contributed by atoms with Gasteiger partial charge in [0.15, 0.2) is 0 Å². The van der Waals surface area contributed by atoms with Gasteiger partial charge in [0, 0.05) is 17.3 Å². The number of hydrogen-bond donors (Lipinski definition) is 0. The molecule has 0 N–H and O–H groups in total. The number of benzene rings is 1. The number of nitrogens with zero attached hydrogens (tertiary/aromatic N) is 3. The van der Waals surface area contributed by atoms with Gasteiger partial charge in [-0.15, -0.1) is 0 Å². The lowest BCUT2D eigenvalue weighted by Crippen LogP contribution is -2.62. The molecule has 136 valence electrons. The Kier molecular flexibility index (Phi) is 2.68. The molecule has 0 amide bonds. The van der Waals surface area contributed by atoms with Crippen molar-refractivity contribution in [1.29, 1.82) is 0 Å². The maximum atomic E-state index is 5.63. The van der Waals surface area contributed by atoms with Crippen molar-refractivity contribution in [2.24, 2.45) is 5.41 Å². The fourth-order valence-electron chi connectivity index (χ4n) is 5.64. The second kappa shape index (κ2) is 4.36. The third-order valence-corrected chi connectivity index (χ3v) is 7.95. The Bertz CT molecular complexity index is 1050. The van der Waals surface area contributed by atoms with Crippen molar-refractivity contribution in [2.45, 2.75) is 65.5 Å². The van der Waals surface area contributed by atoms with Gasteiger partial charge in [0.2, 0.25) is 0 Å². The highest BCUT2D eigenvalue weighted by Gasteiger charge is 2.65. The van der Waals surface area contributed by atoms with Crippen LogP contribution in [0.4, 0.5) is 5.69 Å². The van der Waals surface area contributed by atoms with Crippen LogP contribution in [-0.2, 0) is 11.0 Å². The summed E-state index contributed by atoms with van der Waals surface area (Å²) in [5.74, 6) is 0.701. The zero-order valence-electron chi connectivity index (χ0n) is 16.7. The van der Waals surface area contributed by atoms with Crippen molar-refractivity contribution in [2.75, 3.05) is 4.90 Å². The van der Waals surface area contributed by atoms with E-state index >= 15 is 0 Å². The molecule has 0 aliphatic carbocycles. The second-order valence-corrected chi connectivity index (χ2v) is 9.24. The van der Waals surface area contributed by atoms with Crippen molar-refractivity contribution >= 4 is 11.5 Å². The third-order valence-electron chi connectivity index (χ3n) is 7.95. The Morgan fingerprint density at radius 1 is 1.12 bits per heavy atom. The van der Waals surface area contributed by atoms with E-state index in [9.17, 15) is 0 Å². The first kappa shape index (κ1) is 16.0. The van der Waals surface area contributed by atoms with Crippen LogP contribution in [0.1, 0.15) is 70.1 Å². The summed E-state index contributed by atoms with van der Waals surface area (Å²) < 4.78 is 7.79. The van der Waals surface area contributed by atoms with Gasteiger partial charge < -0.3 is 9.32 Å². The minimum absolute atomic E-state index is 0.00875. The highest BCUT2D eigenvalue weighted by atomic mass is 16.3. The van der Waals surface area contributed by atoms with E-state index < -0.39 is 0 Å². The standard InChI is InChI=1S/C22H27N3O/c1-13-9-8-10-15-17(13)25-14(2)16-18(24-11-12-26-19(24)23-16)22(25,7)21(5,6)20(15,3)4/h8-12,14H,1-7H3/t14-,22?/m0/s1. The van der Waals surface area contributed by atoms with Gasteiger partial charge in [0.05, 0.1) is 23.0 Å². The zero-order chi connectivity index (χ0) is 18.6. The predicted octanol–water partition coefficient (Wildman–Crippen LogP) is 5.35. The number of aromatic nitrogens is 2. The summed E-state index contributed by atoms with van der Waals surface area (Å²) in [7, 11) is 0. The van der Waals surface area contributed by atoms with Crippen LogP contribution in [0.5, 0.6) is 0 Å². The van der Waals surface area contributed by atoms with Crippen LogP contribution in [0.15, 0.2) is 35.1 Å². The molecule has 26 heavy (non-hydrogen) atoms. The molecule has 0 radical (unpaired) electrons. The fraction of sp³-hybridized carbons (Fsp3) is 0.500. The van der Waals surface area contributed by atoms with Crippen LogP contribution >= 0.6 is 0 Å². The normalized spacial score (nSPS) is 28.1. The third kappa shape index (κ3) is 1.40. The highest BCUT2D eigenvalue weighted by molar-refractivity contribution is 5.72. The largest absolute Gasteiger partial charge is 0.432 e. The number of hydrogen-bond acceptors (Lipinski definition) is 3. The maximum absolute atomic E-state index is 5.63. The zero-order valence-corrected chi connectivity index (χ0v) is 16.7. The Labute approximate surface area is 154 Å². The topological polar surface area (TPSA) is 33.7 Å². The summed E-state index contributed by atoms with van der Waals surface area (Å²) in [5.41, 5.74) is 6.37. The summed E-state index contributed by atoms with van der Waals surface area (Å²) in [4.78, 5) is 7.50. The lowest BCUT2D eigenvalue weighted by molar-refractivity contribution is 0.0619. The van der Waals surface area contributed by atoms with Crippen molar-refractivity contribution in [1.82, 2.24) is 9.38 Å². The maximum Gasteiger partial charge on any atom is 0.306 e. The fourth-order valence-corrected chi connectivity index (χ4v) is 5.64. The Hall–Kier alpha value is -2.23. The molecule has 4 heterocycles. The van der Waals surface area contributed by atoms with E-state index in [2.05, 4.69) is 76.0 Å². The van der Waals surface area contributed by atoms with Crippen molar-refractivity contribution in [3.8, 4) is 0 Å². The van der Waals surface area contributed by atoms with Gasteiger partial charge in [-0.1, -0.05) is 45.9 Å². The number of aryl methyl sites for hydroxylation is 1. The van der Waals surface area contributed by atoms with Gasteiger partial charge in [-0.25, -0.2) is 0 Å². The Balaban J connectivity index is 1.95. The van der Waals surface area contributed by atoms with Crippen molar-refractivity contribution < 1.29 is 4.42 Å². The van der Waals surface area contributed by atoms with Gasteiger partial charge in [-0.2, -0.15) is 4.98 Å². The molecule has 0 bridgehead atoms. The van der Waals surface area contributed by atoms with Crippen LogP contribution in [0.3, 0.4) is 0 Å².